The van der Waals surface area contributed by atoms with E-state index >= 15 is 0 Å². The lowest BCUT2D eigenvalue weighted by atomic mass is 10.1. The number of hydrogen-bond donors (Lipinski definition) is 1. The highest BCUT2D eigenvalue weighted by molar-refractivity contribution is 5.85. The SMILES string of the molecule is CCc1ccc(-c2noc(-c3ccn(C4CCCNC4)n3)n2)cc1.Cl. The van der Waals surface area contributed by atoms with Gasteiger partial charge in [-0.3, -0.25) is 4.68 Å². The summed E-state index contributed by atoms with van der Waals surface area (Å²) in [7, 11) is 0. The Balaban J connectivity index is 0.00000182. The first-order valence-electron chi connectivity index (χ1n) is 8.53. The monoisotopic (exact) mass is 359 g/mol. The molecule has 6 nitrogen and oxygen atoms in total. The van der Waals surface area contributed by atoms with Crippen molar-refractivity contribution in [3.05, 3.63) is 42.1 Å². The van der Waals surface area contributed by atoms with E-state index in [1.165, 1.54) is 12.0 Å². The van der Waals surface area contributed by atoms with Crippen LogP contribution in [0, 0.1) is 0 Å². The Kier molecular flexibility index (Phi) is 5.50. The molecule has 3 aromatic rings. The van der Waals surface area contributed by atoms with Crippen LogP contribution in [0.15, 0.2) is 41.1 Å². The summed E-state index contributed by atoms with van der Waals surface area (Å²) in [6.07, 6.45) is 5.34. The Morgan fingerprint density at radius 3 is 2.80 bits per heavy atom. The summed E-state index contributed by atoms with van der Waals surface area (Å²) < 4.78 is 7.41. The van der Waals surface area contributed by atoms with Gasteiger partial charge in [0.25, 0.3) is 5.89 Å². The van der Waals surface area contributed by atoms with Crippen LogP contribution in [0.2, 0.25) is 0 Å². The molecule has 25 heavy (non-hydrogen) atoms. The number of aromatic nitrogens is 4. The molecule has 1 aliphatic heterocycles. The van der Waals surface area contributed by atoms with Gasteiger partial charge in [-0.25, -0.2) is 0 Å². The summed E-state index contributed by atoms with van der Waals surface area (Å²) in [4.78, 5) is 4.50. The molecule has 1 fully saturated rings. The normalized spacial score (nSPS) is 17.2. The number of benzene rings is 1. The van der Waals surface area contributed by atoms with Crippen molar-refractivity contribution in [1.82, 2.24) is 25.2 Å². The Labute approximate surface area is 153 Å². The minimum absolute atomic E-state index is 0. The smallest absolute Gasteiger partial charge is 0.278 e. The average Bonchev–Trinajstić information content (AvgIpc) is 3.32. The van der Waals surface area contributed by atoms with Crippen molar-refractivity contribution in [2.24, 2.45) is 0 Å². The number of rotatable bonds is 4. The topological polar surface area (TPSA) is 68.8 Å². The fourth-order valence-electron chi connectivity index (χ4n) is 3.05. The van der Waals surface area contributed by atoms with Crippen LogP contribution in [0.4, 0.5) is 0 Å². The minimum atomic E-state index is 0. The van der Waals surface area contributed by atoms with Crippen LogP contribution in [-0.2, 0) is 6.42 Å². The van der Waals surface area contributed by atoms with Gasteiger partial charge in [0, 0.05) is 18.3 Å². The van der Waals surface area contributed by atoms with Crippen molar-refractivity contribution in [2.75, 3.05) is 13.1 Å². The van der Waals surface area contributed by atoms with Crippen LogP contribution in [-0.4, -0.2) is 33.0 Å². The number of nitrogens with zero attached hydrogens (tertiary/aromatic N) is 4. The molecule has 0 aliphatic carbocycles. The molecule has 3 heterocycles. The molecule has 1 aromatic carbocycles. The van der Waals surface area contributed by atoms with Crippen LogP contribution in [0.5, 0.6) is 0 Å². The Bertz CT molecular complexity index is 805. The van der Waals surface area contributed by atoms with Gasteiger partial charge >= 0.3 is 0 Å². The summed E-state index contributed by atoms with van der Waals surface area (Å²) in [5, 5.41) is 12.1. The van der Waals surface area contributed by atoms with Crippen LogP contribution in [0.25, 0.3) is 23.0 Å². The Hall–Kier alpha value is -2.18. The van der Waals surface area contributed by atoms with Crippen molar-refractivity contribution in [3.63, 3.8) is 0 Å². The van der Waals surface area contributed by atoms with Crippen molar-refractivity contribution in [3.8, 4) is 23.0 Å². The number of halogens is 1. The summed E-state index contributed by atoms with van der Waals surface area (Å²) in [6.45, 7) is 4.19. The second kappa shape index (κ2) is 7.80. The van der Waals surface area contributed by atoms with Gasteiger partial charge in [-0.2, -0.15) is 10.1 Å². The first-order valence-corrected chi connectivity index (χ1v) is 8.53. The van der Waals surface area contributed by atoms with E-state index in [4.69, 9.17) is 4.52 Å². The average molecular weight is 360 g/mol. The Morgan fingerprint density at radius 1 is 1.24 bits per heavy atom. The van der Waals surface area contributed by atoms with Gasteiger partial charge in [-0.15, -0.1) is 12.4 Å². The number of aryl methyl sites for hydroxylation is 1. The molecule has 1 unspecified atom stereocenters. The zero-order valence-electron chi connectivity index (χ0n) is 14.2. The molecule has 0 spiro atoms. The summed E-state index contributed by atoms with van der Waals surface area (Å²) in [5.41, 5.74) is 2.98. The fraction of sp³-hybridized carbons (Fsp3) is 0.389. The number of piperidine rings is 1. The third kappa shape index (κ3) is 3.75. The van der Waals surface area contributed by atoms with Gasteiger partial charge < -0.3 is 9.84 Å². The molecule has 0 radical (unpaired) electrons. The van der Waals surface area contributed by atoms with Gasteiger partial charge in [0.05, 0.1) is 6.04 Å². The van der Waals surface area contributed by atoms with Crippen molar-refractivity contribution < 1.29 is 4.52 Å². The van der Waals surface area contributed by atoms with E-state index in [2.05, 4.69) is 39.6 Å². The molecule has 1 saturated heterocycles. The molecule has 1 aliphatic rings. The van der Waals surface area contributed by atoms with Gasteiger partial charge in [-0.1, -0.05) is 36.3 Å². The highest BCUT2D eigenvalue weighted by Gasteiger charge is 2.18. The van der Waals surface area contributed by atoms with E-state index in [1.54, 1.807) is 0 Å². The van der Waals surface area contributed by atoms with Gasteiger partial charge in [-0.05, 0) is 37.4 Å². The fourth-order valence-corrected chi connectivity index (χ4v) is 3.05. The third-order valence-electron chi connectivity index (χ3n) is 4.52. The lowest BCUT2D eigenvalue weighted by Gasteiger charge is -2.22. The Morgan fingerprint density at radius 2 is 2.08 bits per heavy atom. The van der Waals surface area contributed by atoms with Crippen LogP contribution in [0.3, 0.4) is 0 Å². The van der Waals surface area contributed by atoms with Gasteiger partial charge in [0.15, 0.2) is 5.69 Å². The van der Waals surface area contributed by atoms with Crippen molar-refractivity contribution in [1.29, 1.82) is 0 Å². The second-order valence-electron chi connectivity index (χ2n) is 6.15. The first kappa shape index (κ1) is 17.6. The zero-order chi connectivity index (χ0) is 16.4. The van der Waals surface area contributed by atoms with Gasteiger partial charge in [0.2, 0.25) is 5.82 Å². The summed E-state index contributed by atoms with van der Waals surface area (Å²) in [6, 6.07) is 10.6. The molecule has 7 heteroatoms. The quantitative estimate of drug-likeness (QED) is 0.772. The molecule has 0 amide bonds. The van der Waals surface area contributed by atoms with E-state index in [0.717, 1.165) is 37.2 Å². The second-order valence-corrected chi connectivity index (χ2v) is 6.15. The van der Waals surface area contributed by atoms with E-state index in [9.17, 15) is 0 Å². The molecule has 1 atom stereocenters. The van der Waals surface area contributed by atoms with E-state index in [1.807, 2.05) is 29.1 Å². The maximum absolute atomic E-state index is 5.41. The van der Waals surface area contributed by atoms with Crippen LogP contribution < -0.4 is 5.32 Å². The van der Waals surface area contributed by atoms with Gasteiger partial charge in [0.1, 0.15) is 0 Å². The molecule has 0 saturated carbocycles. The molecule has 4 rings (SSSR count). The minimum Gasteiger partial charge on any atom is -0.332 e. The largest absolute Gasteiger partial charge is 0.332 e. The lowest BCUT2D eigenvalue weighted by molar-refractivity contribution is 0.346. The molecule has 2 aromatic heterocycles. The molecular formula is C18H22ClN5O. The molecule has 132 valence electrons. The predicted octanol–water partition coefficient (Wildman–Crippen LogP) is 3.51. The summed E-state index contributed by atoms with van der Waals surface area (Å²) in [5.74, 6) is 1.06. The van der Waals surface area contributed by atoms with E-state index in [-0.39, 0.29) is 12.4 Å². The van der Waals surface area contributed by atoms with Crippen molar-refractivity contribution >= 4 is 12.4 Å². The predicted molar refractivity (Wildman–Crippen MR) is 98.7 cm³/mol. The number of nitrogens with one attached hydrogen (secondary N) is 1. The maximum Gasteiger partial charge on any atom is 0.278 e. The maximum atomic E-state index is 5.41. The molecule has 0 bridgehead atoms. The zero-order valence-corrected chi connectivity index (χ0v) is 15.0. The van der Waals surface area contributed by atoms with E-state index < -0.39 is 0 Å². The van der Waals surface area contributed by atoms with Crippen molar-refractivity contribution in [2.45, 2.75) is 32.2 Å². The van der Waals surface area contributed by atoms with Crippen LogP contribution in [0.1, 0.15) is 31.4 Å². The molecular weight excluding hydrogens is 338 g/mol. The first-order chi connectivity index (χ1) is 11.8. The van der Waals surface area contributed by atoms with Crippen LogP contribution >= 0.6 is 12.4 Å². The third-order valence-corrected chi connectivity index (χ3v) is 4.52. The number of hydrogen-bond acceptors (Lipinski definition) is 5. The molecule has 1 N–H and O–H groups in total. The van der Waals surface area contributed by atoms with E-state index in [0.29, 0.717) is 17.8 Å². The lowest BCUT2D eigenvalue weighted by Crippen LogP contribution is -2.31. The highest BCUT2D eigenvalue weighted by atomic mass is 35.5. The standard InChI is InChI=1S/C18H21N5O.ClH/c1-2-13-5-7-14(8-6-13)17-20-18(24-22-17)16-9-11-23(21-16)15-4-3-10-19-12-15;/h5-9,11,15,19H,2-4,10,12H2,1H3;1H. The highest BCUT2D eigenvalue weighted by Crippen LogP contribution is 2.23. The summed E-state index contributed by atoms with van der Waals surface area (Å²) >= 11 is 0.